The molecule has 2 N–H and O–H groups in total. The van der Waals surface area contributed by atoms with Crippen LogP contribution in [0.2, 0.25) is 0 Å². The van der Waals surface area contributed by atoms with Crippen molar-refractivity contribution < 1.29 is 9.21 Å². The zero-order chi connectivity index (χ0) is 7.40. The maximum Gasteiger partial charge on any atom is 0.153 e. The maximum absolute atomic E-state index is 10.7. The molecule has 0 radical (unpaired) electrons. The van der Waals surface area contributed by atoms with Crippen LogP contribution < -0.4 is 5.73 Å². The molecule has 0 saturated carbocycles. The standard InChI is InChI=1S/C7H9NO2/c8-5-6(9)4-7-2-1-3-10-7/h1-3H,4-5,8H2. The number of nitrogens with two attached hydrogens (primary N) is 1. The third kappa shape index (κ3) is 1.70. The van der Waals surface area contributed by atoms with Crippen LogP contribution in [0.4, 0.5) is 0 Å². The fourth-order valence-electron chi connectivity index (χ4n) is 0.680. The molecule has 0 fully saturated rings. The molecule has 1 rings (SSSR count). The first-order valence-electron chi connectivity index (χ1n) is 3.07. The summed E-state index contributed by atoms with van der Waals surface area (Å²) in [5, 5.41) is 0. The average Bonchev–Trinajstić information content (AvgIpc) is 2.40. The van der Waals surface area contributed by atoms with Crippen molar-refractivity contribution in [1.29, 1.82) is 0 Å². The van der Waals surface area contributed by atoms with Crippen LogP contribution in [0.1, 0.15) is 5.76 Å². The second-order valence-corrected chi connectivity index (χ2v) is 2.00. The van der Waals surface area contributed by atoms with Crippen LogP contribution in [0.25, 0.3) is 0 Å². The highest BCUT2D eigenvalue weighted by atomic mass is 16.3. The highest BCUT2D eigenvalue weighted by Gasteiger charge is 2.01. The largest absolute Gasteiger partial charge is 0.469 e. The molecule has 0 aliphatic heterocycles. The molecule has 0 bridgehead atoms. The van der Waals surface area contributed by atoms with Gasteiger partial charge in [0.05, 0.1) is 19.2 Å². The molecule has 54 valence electrons. The van der Waals surface area contributed by atoms with Gasteiger partial charge in [0.2, 0.25) is 0 Å². The summed E-state index contributed by atoms with van der Waals surface area (Å²) in [5.41, 5.74) is 5.10. The molecule has 0 amide bonds. The normalized spacial score (nSPS) is 9.70. The van der Waals surface area contributed by atoms with Crippen LogP contribution >= 0.6 is 0 Å². The van der Waals surface area contributed by atoms with Crippen LogP contribution in [0.3, 0.4) is 0 Å². The summed E-state index contributed by atoms with van der Waals surface area (Å²) in [5.74, 6) is 0.672. The Morgan fingerprint density at radius 2 is 2.50 bits per heavy atom. The number of furan rings is 1. The second-order valence-electron chi connectivity index (χ2n) is 2.00. The number of Topliss-reactive ketones (excluding diaryl/α,β-unsaturated/α-hetero) is 1. The van der Waals surface area contributed by atoms with E-state index < -0.39 is 0 Å². The summed E-state index contributed by atoms with van der Waals surface area (Å²) >= 11 is 0. The van der Waals surface area contributed by atoms with E-state index in [4.69, 9.17) is 10.2 Å². The van der Waals surface area contributed by atoms with Crippen molar-refractivity contribution >= 4 is 5.78 Å². The quantitative estimate of drug-likeness (QED) is 0.657. The van der Waals surface area contributed by atoms with Crippen LogP contribution in [-0.4, -0.2) is 12.3 Å². The van der Waals surface area contributed by atoms with E-state index in [0.29, 0.717) is 12.2 Å². The van der Waals surface area contributed by atoms with E-state index in [1.165, 1.54) is 0 Å². The first-order valence-corrected chi connectivity index (χ1v) is 3.07. The summed E-state index contributed by atoms with van der Waals surface area (Å²) in [6.07, 6.45) is 1.85. The smallest absolute Gasteiger partial charge is 0.153 e. The van der Waals surface area contributed by atoms with Crippen LogP contribution in [-0.2, 0) is 11.2 Å². The third-order valence-corrected chi connectivity index (χ3v) is 1.18. The minimum atomic E-state index is -0.00468. The van der Waals surface area contributed by atoms with Gasteiger partial charge in [-0.1, -0.05) is 0 Å². The Kier molecular flexibility index (Phi) is 2.23. The van der Waals surface area contributed by atoms with Gasteiger partial charge in [-0.3, -0.25) is 4.79 Å². The molecule has 3 nitrogen and oxygen atoms in total. The third-order valence-electron chi connectivity index (χ3n) is 1.18. The minimum absolute atomic E-state index is 0.00468. The highest BCUT2D eigenvalue weighted by Crippen LogP contribution is 2.00. The Morgan fingerprint density at radius 1 is 1.70 bits per heavy atom. The Hall–Kier alpha value is -1.09. The molecule has 0 atom stereocenters. The van der Waals surface area contributed by atoms with Gasteiger partial charge in [0.1, 0.15) is 5.76 Å². The van der Waals surface area contributed by atoms with Crippen molar-refractivity contribution in [3.8, 4) is 0 Å². The van der Waals surface area contributed by atoms with E-state index in [2.05, 4.69) is 0 Å². The zero-order valence-electron chi connectivity index (χ0n) is 5.54. The topological polar surface area (TPSA) is 56.2 Å². The van der Waals surface area contributed by atoms with E-state index in [1.807, 2.05) is 0 Å². The van der Waals surface area contributed by atoms with Crippen molar-refractivity contribution in [2.45, 2.75) is 6.42 Å². The predicted molar refractivity (Wildman–Crippen MR) is 36.5 cm³/mol. The molecular weight excluding hydrogens is 130 g/mol. The van der Waals surface area contributed by atoms with Crippen LogP contribution in [0.15, 0.2) is 22.8 Å². The van der Waals surface area contributed by atoms with E-state index >= 15 is 0 Å². The van der Waals surface area contributed by atoms with Crippen molar-refractivity contribution in [1.82, 2.24) is 0 Å². The van der Waals surface area contributed by atoms with Gasteiger partial charge in [0, 0.05) is 0 Å². The Labute approximate surface area is 58.8 Å². The van der Waals surface area contributed by atoms with Crippen molar-refractivity contribution in [2.75, 3.05) is 6.54 Å². The van der Waals surface area contributed by atoms with E-state index in [1.54, 1.807) is 18.4 Å². The number of hydrogen-bond acceptors (Lipinski definition) is 3. The molecular formula is C7H9NO2. The number of carbonyl (C=O) groups is 1. The first-order chi connectivity index (χ1) is 4.83. The van der Waals surface area contributed by atoms with Gasteiger partial charge in [0.25, 0.3) is 0 Å². The second kappa shape index (κ2) is 3.17. The van der Waals surface area contributed by atoms with Crippen LogP contribution in [0.5, 0.6) is 0 Å². The lowest BCUT2D eigenvalue weighted by atomic mass is 10.2. The van der Waals surface area contributed by atoms with E-state index in [9.17, 15) is 4.79 Å². The average molecular weight is 139 g/mol. The Morgan fingerprint density at radius 3 is 3.00 bits per heavy atom. The molecule has 1 aromatic heterocycles. The van der Waals surface area contributed by atoms with Gasteiger partial charge in [-0.15, -0.1) is 0 Å². The number of carbonyl (C=O) groups excluding carboxylic acids is 1. The lowest BCUT2D eigenvalue weighted by Crippen LogP contribution is -2.15. The molecule has 0 aromatic carbocycles. The molecule has 1 heterocycles. The Bertz CT molecular complexity index is 203. The van der Waals surface area contributed by atoms with Gasteiger partial charge >= 0.3 is 0 Å². The lowest BCUT2D eigenvalue weighted by molar-refractivity contribution is -0.117. The number of hydrogen-bond donors (Lipinski definition) is 1. The molecule has 10 heavy (non-hydrogen) atoms. The molecule has 1 aromatic rings. The van der Waals surface area contributed by atoms with Crippen molar-refractivity contribution in [3.63, 3.8) is 0 Å². The summed E-state index contributed by atoms with van der Waals surface area (Å²) in [6.45, 7) is 0.0840. The fraction of sp³-hybridized carbons (Fsp3) is 0.286. The van der Waals surface area contributed by atoms with Crippen molar-refractivity contribution in [2.24, 2.45) is 5.73 Å². The highest BCUT2D eigenvalue weighted by molar-refractivity contribution is 5.81. The van der Waals surface area contributed by atoms with E-state index in [-0.39, 0.29) is 12.3 Å². The van der Waals surface area contributed by atoms with Gasteiger partial charge in [-0.25, -0.2) is 0 Å². The van der Waals surface area contributed by atoms with Gasteiger partial charge < -0.3 is 10.2 Å². The molecule has 0 spiro atoms. The monoisotopic (exact) mass is 139 g/mol. The molecule has 0 aliphatic carbocycles. The van der Waals surface area contributed by atoms with E-state index in [0.717, 1.165) is 0 Å². The molecule has 0 aliphatic rings. The Balaban J connectivity index is 2.48. The summed E-state index contributed by atoms with van der Waals surface area (Å²) in [7, 11) is 0. The molecule has 0 saturated heterocycles. The van der Waals surface area contributed by atoms with Crippen LogP contribution in [0, 0.1) is 0 Å². The summed E-state index contributed by atoms with van der Waals surface area (Å²) in [4.78, 5) is 10.7. The first kappa shape index (κ1) is 7.02. The zero-order valence-corrected chi connectivity index (χ0v) is 5.54. The number of rotatable bonds is 3. The maximum atomic E-state index is 10.7. The minimum Gasteiger partial charge on any atom is -0.469 e. The van der Waals surface area contributed by atoms with Gasteiger partial charge in [-0.2, -0.15) is 0 Å². The van der Waals surface area contributed by atoms with Crippen molar-refractivity contribution in [3.05, 3.63) is 24.2 Å². The summed E-state index contributed by atoms with van der Waals surface area (Å²) < 4.78 is 4.93. The molecule has 0 unspecified atom stereocenters. The SMILES string of the molecule is NCC(=O)Cc1ccco1. The number of ketones is 1. The summed E-state index contributed by atoms with van der Waals surface area (Å²) in [6, 6.07) is 3.51. The van der Waals surface area contributed by atoms with Gasteiger partial charge in [-0.05, 0) is 12.1 Å². The predicted octanol–water partition coefficient (Wildman–Crippen LogP) is 0.350. The fourth-order valence-corrected chi connectivity index (χ4v) is 0.680. The molecule has 3 heteroatoms. The van der Waals surface area contributed by atoms with Gasteiger partial charge in [0.15, 0.2) is 5.78 Å². The lowest BCUT2D eigenvalue weighted by Gasteiger charge is -1.90.